The molecule has 0 bridgehead atoms. The Labute approximate surface area is 83.6 Å². The molecular weight excluding hydrogens is 180 g/mol. The van der Waals surface area contributed by atoms with Crippen molar-refractivity contribution in [3.8, 4) is 5.75 Å². The van der Waals surface area contributed by atoms with Gasteiger partial charge in [-0.15, -0.1) is 0 Å². The van der Waals surface area contributed by atoms with Crippen molar-refractivity contribution in [2.45, 2.75) is 6.42 Å². The molecule has 0 N–H and O–H groups in total. The first-order chi connectivity index (χ1) is 6.88. The normalized spacial score (nSPS) is 9.79. The predicted octanol–water partition coefficient (Wildman–Crippen LogP) is 1.45. The van der Waals surface area contributed by atoms with Crippen molar-refractivity contribution >= 4 is 6.29 Å². The first-order valence-electron chi connectivity index (χ1n) is 4.51. The standard InChI is InChI=1S/C11H14O3/c1-13-8-9-14-11-5-3-2-4-10(11)6-7-12/h2-5,7H,6,8-9H2,1H3. The fraction of sp³-hybridized carbons (Fsp3) is 0.364. The van der Waals surface area contributed by atoms with Gasteiger partial charge in [0, 0.05) is 19.1 Å². The van der Waals surface area contributed by atoms with E-state index in [9.17, 15) is 4.79 Å². The fourth-order valence-corrected chi connectivity index (χ4v) is 1.14. The summed E-state index contributed by atoms with van der Waals surface area (Å²) in [5.74, 6) is 0.761. The van der Waals surface area contributed by atoms with Gasteiger partial charge in [0.15, 0.2) is 0 Å². The lowest BCUT2D eigenvalue weighted by Crippen LogP contribution is -2.06. The zero-order valence-electron chi connectivity index (χ0n) is 8.23. The predicted molar refractivity (Wildman–Crippen MR) is 53.6 cm³/mol. The zero-order valence-corrected chi connectivity index (χ0v) is 8.23. The van der Waals surface area contributed by atoms with Crippen LogP contribution in [0.2, 0.25) is 0 Å². The first-order valence-corrected chi connectivity index (χ1v) is 4.51. The Bertz CT molecular complexity index is 284. The number of ether oxygens (including phenoxy) is 2. The Morgan fingerprint density at radius 3 is 2.79 bits per heavy atom. The van der Waals surface area contributed by atoms with Crippen LogP contribution in [0.25, 0.3) is 0 Å². The largest absolute Gasteiger partial charge is 0.491 e. The summed E-state index contributed by atoms with van der Waals surface area (Å²) in [6, 6.07) is 7.52. The van der Waals surface area contributed by atoms with Gasteiger partial charge in [-0.05, 0) is 6.07 Å². The van der Waals surface area contributed by atoms with E-state index >= 15 is 0 Å². The summed E-state index contributed by atoms with van der Waals surface area (Å²) >= 11 is 0. The minimum Gasteiger partial charge on any atom is -0.491 e. The monoisotopic (exact) mass is 194 g/mol. The molecule has 0 aromatic heterocycles. The molecule has 0 radical (unpaired) electrons. The Hall–Kier alpha value is -1.35. The van der Waals surface area contributed by atoms with Crippen LogP contribution in [0, 0.1) is 0 Å². The summed E-state index contributed by atoms with van der Waals surface area (Å²) in [5.41, 5.74) is 0.915. The molecule has 3 heteroatoms. The molecule has 0 amide bonds. The maximum absolute atomic E-state index is 10.4. The fourth-order valence-electron chi connectivity index (χ4n) is 1.14. The van der Waals surface area contributed by atoms with E-state index in [1.165, 1.54) is 0 Å². The van der Waals surface area contributed by atoms with Gasteiger partial charge in [-0.25, -0.2) is 0 Å². The van der Waals surface area contributed by atoms with E-state index in [0.717, 1.165) is 17.6 Å². The van der Waals surface area contributed by atoms with Gasteiger partial charge >= 0.3 is 0 Å². The van der Waals surface area contributed by atoms with Gasteiger partial charge in [-0.1, -0.05) is 18.2 Å². The minimum atomic E-state index is 0.392. The number of rotatable bonds is 6. The lowest BCUT2D eigenvalue weighted by molar-refractivity contribution is -0.107. The molecule has 14 heavy (non-hydrogen) atoms. The molecule has 0 saturated carbocycles. The SMILES string of the molecule is COCCOc1ccccc1CC=O. The highest BCUT2D eigenvalue weighted by atomic mass is 16.5. The van der Waals surface area contributed by atoms with Gasteiger partial charge < -0.3 is 14.3 Å². The lowest BCUT2D eigenvalue weighted by Gasteiger charge is -2.08. The minimum absolute atomic E-state index is 0.392. The third kappa shape index (κ3) is 3.18. The molecule has 0 aliphatic carbocycles. The van der Waals surface area contributed by atoms with E-state index in [1.807, 2.05) is 24.3 Å². The van der Waals surface area contributed by atoms with Gasteiger partial charge in [0.2, 0.25) is 0 Å². The van der Waals surface area contributed by atoms with Crippen LogP contribution in [0.4, 0.5) is 0 Å². The van der Waals surface area contributed by atoms with Crippen molar-refractivity contribution in [3.63, 3.8) is 0 Å². The second kappa shape index (κ2) is 6.16. The number of hydrogen-bond donors (Lipinski definition) is 0. The average molecular weight is 194 g/mol. The van der Waals surface area contributed by atoms with Crippen LogP contribution in [0.15, 0.2) is 24.3 Å². The Balaban J connectivity index is 2.59. The zero-order chi connectivity index (χ0) is 10.2. The summed E-state index contributed by atoms with van der Waals surface area (Å²) in [6.07, 6.45) is 1.27. The summed E-state index contributed by atoms with van der Waals surface area (Å²) in [4.78, 5) is 10.4. The Morgan fingerprint density at radius 2 is 2.07 bits per heavy atom. The summed E-state index contributed by atoms with van der Waals surface area (Å²) in [7, 11) is 1.63. The van der Waals surface area contributed by atoms with Crippen LogP contribution in [0.5, 0.6) is 5.75 Å². The number of carbonyl (C=O) groups excluding carboxylic acids is 1. The van der Waals surface area contributed by atoms with Crippen LogP contribution in [0.1, 0.15) is 5.56 Å². The maximum atomic E-state index is 10.4. The van der Waals surface area contributed by atoms with Gasteiger partial charge in [0.05, 0.1) is 6.61 Å². The molecule has 0 spiro atoms. The van der Waals surface area contributed by atoms with Crippen LogP contribution in [0.3, 0.4) is 0 Å². The van der Waals surface area contributed by atoms with E-state index in [0.29, 0.717) is 19.6 Å². The Morgan fingerprint density at radius 1 is 1.29 bits per heavy atom. The molecule has 0 heterocycles. The van der Waals surface area contributed by atoms with Crippen molar-refractivity contribution in [3.05, 3.63) is 29.8 Å². The molecule has 0 unspecified atom stereocenters. The number of carbonyl (C=O) groups is 1. The molecule has 1 rings (SSSR count). The number of para-hydroxylation sites is 1. The van der Waals surface area contributed by atoms with E-state index in [1.54, 1.807) is 7.11 Å². The molecule has 0 saturated heterocycles. The van der Waals surface area contributed by atoms with Crippen LogP contribution in [-0.2, 0) is 16.0 Å². The van der Waals surface area contributed by atoms with Crippen molar-refractivity contribution in [2.24, 2.45) is 0 Å². The van der Waals surface area contributed by atoms with E-state index in [2.05, 4.69) is 0 Å². The molecule has 0 atom stereocenters. The average Bonchev–Trinajstić information content (AvgIpc) is 2.21. The van der Waals surface area contributed by atoms with Crippen molar-refractivity contribution in [2.75, 3.05) is 20.3 Å². The third-order valence-electron chi connectivity index (χ3n) is 1.82. The molecule has 0 aliphatic rings. The van der Waals surface area contributed by atoms with E-state index in [-0.39, 0.29) is 0 Å². The molecule has 76 valence electrons. The number of benzene rings is 1. The molecular formula is C11H14O3. The highest BCUT2D eigenvalue weighted by Crippen LogP contribution is 2.17. The maximum Gasteiger partial charge on any atom is 0.124 e. The summed E-state index contributed by atoms with van der Waals surface area (Å²) in [5, 5.41) is 0. The summed E-state index contributed by atoms with van der Waals surface area (Å²) in [6.45, 7) is 1.06. The molecule has 3 nitrogen and oxygen atoms in total. The highest BCUT2D eigenvalue weighted by Gasteiger charge is 2.01. The highest BCUT2D eigenvalue weighted by molar-refractivity contribution is 5.57. The topological polar surface area (TPSA) is 35.5 Å². The van der Waals surface area contributed by atoms with Crippen molar-refractivity contribution in [1.82, 2.24) is 0 Å². The quantitative estimate of drug-likeness (QED) is 0.508. The number of aldehydes is 1. The molecule has 0 fully saturated rings. The van der Waals surface area contributed by atoms with Gasteiger partial charge in [0.25, 0.3) is 0 Å². The van der Waals surface area contributed by atoms with Crippen molar-refractivity contribution in [1.29, 1.82) is 0 Å². The lowest BCUT2D eigenvalue weighted by atomic mass is 10.1. The first kappa shape index (κ1) is 10.7. The van der Waals surface area contributed by atoms with Crippen LogP contribution < -0.4 is 4.74 Å². The number of hydrogen-bond acceptors (Lipinski definition) is 3. The Kier molecular flexibility index (Phi) is 4.72. The number of methoxy groups -OCH3 is 1. The smallest absolute Gasteiger partial charge is 0.124 e. The molecule has 0 aliphatic heterocycles. The van der Waals surface area contributed by atoms with E-state index < -0.39 is 0 Å². The van der Waals surface area contributed by atoms with Crippen molar-refractivity contribution < 1.29 is 14.3 Å². The van der Waals surface area contributed by atoms with Crippen LogP contribution in [-0.4, -0.2) is 26.6 Å². The molecule has 1 aromatic carbocycles. The summed E-state index contributed by atoms with van der Waals surface area (Å²) < 4.78 is 10.3. The van der Waals surface area contributed by atoms with Crippen LogP contribution >= 0.6 is 0 Å². The van der Waals surface area contributed by atoms with Gasteiger partial charge in [-0.3, -0.25) is 0 Å². The second-order valence-corrected chi connectivity index (χ2v) is 2.82. The van der Waals surface area contributed by atoms with Gasteiger partial charge in [0.1, 0.15) is 18.6 Å². The molecule has 1 aromatic rings. The van der Waals surface area contributed by atoms with E-state index in [4.69, 9.17) is 9.47 Å². The third-order valence-corrected chi connectivity index (χ3v) is 1.82. The second-order valence-electron chi connectivity index (χ2n) is 2.82. The van der Waals surface area contributed by atoms with Gasteiger partial charge in [-0.2, -0.15) is 0 Å².